The summed E-state index contributed by atoms with van der Waals surface area (Å²) in [5.41, 5.74) is 0.821. The second-order valence-corrected chi connectivity index (χ2v) is 9.87. The van der Waals surface area contributed by atoms with Crippen LogP contribution < -0.4 is 10.5 Å². The summed E-state index contributed by atoms with van der Waals surface area (Å²) in [6, 6.07) is 9.98. The second-order valence-electron chi connectivity index (χ2n) is 6.63. The highest BCUT2D eigenvalue weighted by molar-refractivity contribution is 8.26. The molecule has 1 atom stereocenters. The Morgan fingerprint density at radius 3 is 2.34 bits per heavy atom. The summed E-state index contributed by atoms with van der Waals surface area (Å²) in [7, 11) is -3.86. The van der Waals surface area contributed by atoms with E-state index in [-0.39, 0.29) is 19.8 Å². The van der Waals surface area contributed by atoms with E-state index in [4.69, 9.17) is 17.4 Å². The highest BCUT2D eigenvalue weighted by Crippen LogP contribution is 2.34. The van der Waals surface area contributed by atoms with Crippen LogP contribution in [0, 0.1) is 10.1 Å². The monoisotopic (exact) mass is 492 g/mol. The summed E-state index contributed by atoms with van der Waals surface area (Å²) in [4.78, 5) is 37.1. The van der Waals surface area contributed by atoms with Crippen molar-refractivity contribution in [3.8, 4) is 0 Å². The van der Waals surface area contributed by atoms with E-state index in [0.717, 1.165) is 11.8 Å². The quantitative estimate of drug-likeness (QED) is 0.270. The lowest BCUT2D eigenvalue weighted by Gasteiger charge is -2.22. The Kier molecular flexibility index (Phi) is 6.74. The molecule has 3 N–H and O–H groups in total. The lowest BCUT2D eigenvalue weighted by molar-refractivity contribution is -0.384. The molecule has 2 aromatic carbocycles. The van der Waals surface area contributed by atoms with Crippen molar-refractivity contribution in [3.05, 3.63) is 69.1 Å². The molecule has 1 saturated heterocycles. The molecule has 2 amide bonds. The van der Waals surface area contributed by atoms with Gasteiger partial charge in [-0.05, 0) is 55.0 Å². The van der Waals surface area contributed by atoms with Gasteiger partial charge >= 0.3 is 0 Å². The minimum Gasteiger partial charge on any atom is -0.324 e. The number of nitro benzene ring substituents is 1. The lowest BCUT2D eigenvalue weighted by Crippen LogP contribution is -2.44. The van der Waals surface area contributed by atoms with Crippen LogP contribution in [0.5, 0.6) is 0 Å². The number of primary sulfonamides is 1. The second kappa shape index (κ2) is 9.16. The first kappa shape index (κ1) is 23.5. The summed E-state index contributed by atoms with van der Waals surface area (Å²) in [5.74, 6) is -0.994. The number of hydrogen-bond acceptors (Lipinski definition) is 8. The van der Waals surface area contributed by atoms with Crippen LogP contribution in [0.25, 0.3) is 6.08 Å². The van der Waals surface area contributed by atoms with E-state index < -0.39 is 32.8 Å². The van der Waals surface area contributed by atoms with E-state index in [1.807, 2.05) is 0 Å². The van der Waals surface area contributed by atoms with Crippen LogP contribution in [0.1, 0.15) is 12.5 Å². The molecule has 1 unspecified atom stereocenters. The highest BCUT2D eigenvalue weighted by atomic mass is 32.2. The average molecular weight is 493 g/mol. The number of rotatable bonds is 6. The van der Waals surface area contributed by atoms with Crippen molar-refractivity contribution >= 4 is 67.6 Å². The van der Waals surface area contributed by atoms with Gasteiger partial charge in [0.2, 0.25) is 15.9 Å². The van der Waals surface area contributed by atoms with Gasteiger partial charge in [0.1, 0.15) is 10.4 Å². The minimum atomic E-state index is -3.86. The number of non-ortho nitro benzene ring substituents is 1. The minimum absolute atomic E-state index is 0.0721. The Morgan fingerprint density at radius 2 is 1.81 bits per heavy atom. The summed E-state index contributed by atoms with van der Waals surface area (Å²) >= 11 is 6.28. The molecule has 0 bridgehead atoms. The van der Waals surface area contributed by atoms with Gasteiger partial charge in [-0.25, -0.2) is 13.6 Å². The molecule has 1 fully saturated rings. The number of nitrogens with two attached hydrogens (primary N) is 1. The van der Waals surface area contributed by atoms with Crippen LogP contribution >= 0.6 is 24.0 Å². The smallest absolute Gasteiger partial charge is 0.269 e. The molecular formula is C19H16N4O6S3. The lowest BCUT2D eigenvalue weighted by atomic mass is 10.2. The van der Waals surface area contributed by atoms with Crippen LogP contribution in [-0.4, -0.2) is 40.4 Å². The zero-order valence-electron chi connectivity index (χ0n) is 16.4. The number of sulfonamides is 1. The van der Waals surface area contributed by atoms with Crippen LogP contribution in [-0.2, 0) is 19.6 Å². The largest absolute Gasteiger partial charge is 0.324 e. The van der Waals surface area contributed by atoms with Gasteiger partial charge in [0.15, 0.2) is 0 Å². The Balaban J connectivity index is 1.73. The van der Waals surface area contributed by atoms with Gasteiger partial charge in [0.25, 0.3) is 11.6 Å². The van der Waals surface area contributed by atoms with Gasteiger partial charge in [-0.2, -0.15) is 0 Å². The summed E-state index contributed by atoms with van der Waals surface area (Å²) < 4.78 is 22.8. The van der Waals surface area contributed by atoms with E-state index in [9.17, 15) is 28.1 Å². The zero-order chi connectivity index (χ0) is 23.6. The van der Waals surface area contributed by atoms with Crippen LogP contribution in [0.4, 0.5) is 11.4 Å². The fourth-order valence-electron chi connectivity index (χ4n) is 2.75. The Hall–Kier alpha value is -3.13. The van der Waals surface area contributed by atoms with E-state index in [2.05, 4.69) is 5.32 Å². The first-order chi connectivity index (χ1) is 15.0. The van der Waals surface area contributed by atoms with Crippen LogP contribution in [0.3, 0.4) is 0 Å². The fourth-order valence-corrected chi connectivity index (χ4v) is 4.68. The molecule has 166 valence electrons. The number of benzene rings is 2. The van der Waals surface area contributed by atoms with Crippen LogP contribution in [0.2, 0.25) is 0 Å². The van der Waals surface area contributed by atoms with E-state index in [0.29, 0.717) is 11.3 Å². The van der Waals surface area contributed by atoms with Crippen molar-refractivity contribution in [3.63, 3.8) is 0 Å². The fraction of sp³-hybridized carbons (Fsp3) is 0.105. The molecule has 1 aliphatic rings. The first-order valence-electron chi connectivity index (χ1n) is 8.92. The van der Waals surface area contributed by atoms with Crippen molar-refractivity contribution in [2.24, 2.45) is 5.14 Å². The molecule has 3 rings (SSSR count). The van der Waals surface area contributed by atoms with E-state index in [1.165, 1.54) is 60.4 Å². The average Bonchev–Trinajstić information content (AvgIpc) is 3.00. The Bertz CT molecular complexity index is 1240. The maximum Gasteiger partial charge on any atom is 0.269 e. The van der Waals surface area contributed by atoms with Gasteiger partial charge < -0.3 is 5.32 Å². The van der Waals surface area contributed by atoms with Gasteiger partial charge in [-0.1, -0.05) is 24.0 Å². The Labute approximate surface area is 192 Å². The third-order valence-electron chi connectivity index (χ3n) is 4.44. The molecule has 2 aromatic rings. The highest BCUT2D eigenvalue weighted by Gasteiger charge is 2.38. The number of amides is 2. The predicted molar refractivity (Wildman–Crippen MR) is 124 cm³/mol. The maximum absolute atomic E-state index is 12.8. The molecule has 0 aliphatic carbocycles. The number of nitro groups is 1. The standard InChI is InChI=1S/C19H16N4O6S3/c1-11(17(24)21-13-4-8-15(9-5-13)32(20,28)29)22-18(25)16(31-19(22)30)10-12-2-6-14(7-3-12)23(26)27/h2-11H,1H3,(H,21,24)(H2,20,28,29)/b16-10-. The van der Waals surface area contributed by atoms with E-state index in [1.54, 1.807) is 6.08 Å². The summed E-state index contributed by atoms with van der Waals surface area (Å²) in [6.07, 6.45) is 1.54. The molecule has 1 aliphatic heterocycles. The number of carbonyl (C=O) groups excluding carboxylic acids is 2. The molecule has 13 heteroatoms. The SMILES string of the molecule is CC(C(=O)Nc1ccc(S(N)(=O)=O)cc1)N1C(=O)/C(=C/c2ccc([N+](=O)[O-])cc2)SC1=S. The molecule has 0 spiro atoms. The van der Waals surface area contributed by atoms with Gasteiger partial charge in [0.05, 0.1) is 14.7 Å². The topological polar surface area (TPSA) is 153 Å². The zero-order valence-corrected chi connectivity index (χ0v) is 18.9. The number of anilines is 1. The molecule has 32 heavy (non-hydrogen) atoms. The number of thiocarbonyl (C=S) groups is 1. The number of nitrogens with one attached hydrogen (secondary N) is 1. The van der Waals surface area contributed by atoms with Gasteiger partial charge in [0, 0.05) is 17.8 Å². The molecule has 1 heterocycles. The third-order valence-corrected chi connectivity index (χ3v) is 6.70. The van der Waals surface area contributed by atoms with Crippen LogP contribution in [0.15, 0.2) is 58.3 Å². The normalized spacial score (nSPS) is 16.3. The molecule has 0 saturated carbocycles. The third kappa shape index (κ3) is 5.19. The number of carbonyl (C=O) groups is 2. The first-order valence-corrected chi connectivity index (χ1v) is 11.7. The number of hydrogen-bond donors (Lipinski definition) is 2. The number of thioether (sulfide) groups is 1. The van der Waals surface area contributed by atoms with Gasteiger partial charge in [-0.15, -0.1) is 0 Å². The van der Waals surface area contributed by atoms with Crippen molar-refractivity contribution in [2.75, 3.05) is 5.32 Å². The van der Waals surface area contributed by atoms with Crippen molar-refractivity contribution < 1.29 is 22.9 Å². The summed E-state index contributed by atoms with van der Waals surface area (Å²) in [5, 5.41) is 18.4. The Morgan fingerprint density at radius 1 is 1.22 bits per heavy atom. The van der Waals surface area contributed by atoms with Crippen molar-refractivity contribution in [1.82, 2.24) is 4.90 Å². The molecule has 10 nitrogen and oxygen atoms in total. The summed E-state index contributed by atoms with van der Waals surface area (Å²) in [6.45, 7) is 1.51. The van der Waals surface area contributed by atoms with Crippen molar-refractivity contribution in [1.29, 1.82) is 0 Å². The van der Waals surface area contributed by atoms with Crippen molar-refractivity contribution in [2.45, 2.75) is 17.9 Å². The molecule has 0 aromatic heterocycles. The maximum atomic E-state index is 12.8. The molecular weight excluding hydrogens is 476 g/mol. The molecule has 0 radical (unpaired) electrons. The van der Waals surface area contributed by atoms with Gasteiger partial charge in [-0.3, -0.25) is 24.6 Å². The predicted octanol–water partition coefficient (Wildman–Crippen LogP) is 2.47. The number of nitrogens with zero attached hydrogens (tertiary/aromatic N) is 2. The van der Waals surface area contributed by atoms with E-state index >= 15 is 0 Å².